The number of amides is 2. The molecule has 0 aliphatic carbocycles. The van der Waals surface area contributed by atoms with E-state index >= 15 is 0 Å². The highest BCUT2D eigenvalue weighted by Gasteiger charge is 2.15. The Bertz CT molecular complexity index is 719. The van der Waals surface area contributed by atoms with Gasteiger partial charge in [-0.1, -0.05) is 18.2 Å². The molecule has 0 aromatic heterocycles. The van der Waals surface area contributed by atoms with Gasteiger partial charge in [0.2, 0.25) is 5.91 Å². The normalized spacial score (nSPS) is 10.2. The quantitative estimate of drug-likeness (QED) is 0.921. The van der Waals surface area contributed by atoms with E-state index < -0.39 is 17.5 Å². The van der Waals surface area contributed by atoms with Crippen molar-refractivity contribution in [1.82, 2.24) is 5.32 Å². The maximum Gasteiger partial charge on any atom is 0.251 e. The lowest BCUT2D eigenvalue weighted by atomic mass is 10.2. The fourth-order valence-electron chi connectivity index (χ4n) is 2.13. The molecule has 23 heavy (non-hydrogen) atoms. The average Bonchev–Trinajstić information content (AvgIpc) is 2.52. The molecule has 2 aromatic carbocycles. The van der Waals surface area contributed by atoms with Crippen LogP contribution in [0.5, 0.6) is 0 Å². The third kappa shape index (κ3) is 4.35. The Labute approximate surface area is 132 Å². The highest BCUT2D eigenvalue weighted by Crippen LogP contribution is 2.18. The second-order valence-corrected chi connectivity index (χ2v) is 4.89. The number of carbonyl (C=O) groups is 2. The van der Waals surface area contributed by atoms with Crippen molar-refractivity contribution < 1.29 is 18.4 Å². The number of halogens is 2. The van der Waals surface area contributed by atoms with E-state index in [0.717, 1.165) is 6.07 Å². The third-order valence-electron chi connectivity index (χ3n) is 3.23. The van der Waals surface area contributed by atoms with Crippen LogP contribution < -0.4 is 10.2 Å². The highest BCUT2D eigenvalue weighted by molar-refractivity contribution is 5.94. The van der Waals surface area contributed by atoms with Crippen LogP contribution in [0, 0.1) is 11.6 Å². The molecule has 6 heteroatoms. The van der Waals surface area contributed by atoms with Crippen molar-refractivity contribution in [3.63, 3.8) is 0 Å². The first-order valence-corrected chi connectivity index (χ1v) is 7.05. The van der Waals surface area contributed by atoms with E-state index in [-0.39, 0.29) is 30.2 Å². The molecule has 0 bridgehead atoms. The van der Waals surface area contributed by atoms with Gasteiger partial charge in [-0.15, -0.1) is 0 Å². The minimum Gasteiger partial charge on any atom is -0.350 e. The van der Waals surface area contributed by atoms with Crippen LogP contribution in [0.25, 0.3) is 0 Å². The van der Waals surface area contributed by atoms with Crippen molar-refractivity contribution in [1.29, 1.82) is 0 Å². The second-order valence-electron chi connectivity index (χ2n) is 4.89. The lowest BCUT2D eigenvalue weighted by Gasteiger charge is -2.21. The number of anilines is 1. The van der Waals surface area contributed by atoms with Gasteiger partial charge in [0.15, 0.2) is 0 Å². The van der Waals surface area contributed by atoms with Gasteiger partial charge in [0.05, 0.1) is 5.69 Å². The highest BCUT2D eigenvalue weighted by atomic mass is 19.1. The van der Waals surface area contributed by atoms with Gasteiger partial charge in [-0.2, -0.15) is 0 Å². The molecule has 0 spiro atoms. The first kappa shape index (κ1) is 16.6. The van der Waals surface area contributed by atoms with E-state index in [1.165, 1.54) is 48.2 Å². The minimum atomic E-state index is -0.515. The van der Waals surface area contributed by atoms with Crippen LogP contribution in [0.15, 0.2) is 48.5 Å². The second kappa shape index (κ2) is 7.49. The number of hydrogen-bond acceptors (Lipinski definition) is 2. The summed E-state index contributed by atoms with van der Waals surface area (Å²) in [5.41, 5.74) is 0.338. The van der Waals surface area contributed by atoms with E-state index in [0.29, 0.717) is 0 Å². The Morgan fingerprint density at radius 2 is 1.83 bits per heavy atom. The summed E-state index contributed by atoms with van der Waals surface area (Å²) >= 11 is 0. The van der Waals surface area contributed by atoms with E-state index in [2.05, 4.69) is 5.32 Å². The van der Waals surface area contributed by atoms with Crippen LogP contribution in [0.3, 0.4) is 0 Å². The number of rotatable bonds is 5. The van der Waals surface area contributed by atoms with Gasteiger partial charge in [-0.25, -0.2) is 8.78 Å². The van der Waals surface area contributed by atoms with Crippen LogP contribution in [-0.2, 0) is 4.79 Å². The summed E-state index contributed by atoms with van der Waals surface area (Å²) in [4.78, 5) is 24.8. The van der Waals surface area contributed by atoms with Crippen LogP contribution in [-0.4, -0.2) is 24.9 Å². The predicted octanol–water partition coefficient (Wildman–Crippen LogP) is 2.75. The van der Waals surface area contributed by atoms with Gasteiger partial charge >= 0.3 is 0 Å². The van der Waals surface area contributed by atoms with Crippen LogP contribution in [0.1, 0.15) is 17.3 Å². The number of nitrogens with one attached hydrogen (secondary N) is 1. The Morgan fingerprint density at radius 1 is 1.09 bits per heavy atom. The Morgan fingerprint density at radius 3 is 2.48 bits per heavy atom. The van der Waals surface area contributed by atoms with Gasteiger partial charge < -0.3 is 10.2 Å². The molecule has 4 nitrogen and oxygen atoms in total. The maximum absolute atomic E-state index is 13.8. The predicted molar refractivity (Wildman–Crippen MR) is 83.2 cm³/mol. The van der Waals surface area contributed by atoms with Gasteiger partial charge in [0.25, 0.3) is 5.91 Å². The summed E-state index contributed by atoms with van der Waals surface area (Å²) in [6.45, 7) is 1.54. The summed E-state index contributed by atoms with van der Waals surface area (Å²) < 4.78 is 26.8. The van der Waals surface area contributed by atoms with Crippen molar-refractivity contribution in [3.8, 4) is 0 Å². The summed E-state index contributed by atoms with van der Waals surface area (Å²) in [6.07, 6.45) is 0. The van der Waals surface area contributed by atoms with E-state index in [9.17, 15) is 18.4 Å². The maximum atomic E-state index is 13.8. The Kier molecular flexibility index (Phi) is 5.41. The van der Waals surface area contributed by atoms with Crippen LogP contribution >= 0.6 is 0 Å². The molecule has 0 heterocycles. The standard InChI is InChI=1S/C17H16F2N2O2/c1-12(22)21(16-8-3-2-7-15(16)19)10-9-20-17(23)13-5-4-6-14(18)11-13/h2-8,11H,9-10H2,1H3,(H,20,23). The Hall–Kier alpha value is -2.76. The smallest absolute Gasteiger partial charge is 0.251 e. The Balaban J connectivity index is 1.99. The minimum absolute atomic E-state index is 0.108. The molecule has 0 atom stereocenters. The summed E-state index contributed by atoms with van der Waals surface area (Å²) in [7, 11) is 0. The first-order chi connectivity index (χ1) is 11.0. The first-order valence-electron chi connectivity index (χ1n) is 7.05. The number of hydrogen-bond donors (Lipinski definition) is 1. The number of benzene rings is 2. The molecule has 1 N–H and O–H groups in total. The summed E-state index contributed by atoms with van der Waals surface area (Å²) in [5, 5.41) is 2.58. The topological polar surface area (TPSA) is 49.4 Å². The third-order valence-corrected chi connectivity index (χ3v) is 3.23. The number of para-hydroxylation sites is 1. The molecule has 0 fully saturated rings. The molecule has 0 aliphatic heterocycles. The van der Waals surface area contributed by atoms with Crippen molar-refractivity contribution in [2.24, 2.45) is 0 Å². The number of carbonyl (C=O) groups excluding carboxylic acids is 2. The zero-order valence-electron chi connectivity index (χ0n) is 12.6. The van der Waals surface area contributed by atoms with Crippen molar-refractivity contribution >= 4 is 17.5 Å². The molecule has 2 aromatic rings. The van der Waals surface area contributed by atoms with Crippen LogP contribution in [0.4, 0.5) is 14.5 Å². The molecular formula is C17H16F2N2O2. The molecule has 0 saturated heterocycles. The zero-order valence-corrected chi connectivity index (χ0v) is 12.6. The van der Waals surface area contributed by atoms with Gasteiger partial charge in [-0.3, -0.25) is 9.59 Å². The van der Waals surface area contributed by atoms with Crippen molar-refractivity contribution in [3.05, 3.63) is 65.7 Å². The van der Waals surface area contributed by atoms with Crippen LogP contribution in [0.2, 0.25) is 0 Å². The molecule has 2 amide bonds. The molecule has 0 unspecified atom stereocenters. The van der Waals surface area contributed by atoms with Gasteiger partial charge in [-0.05, 0) is 30.3 Å². The largest absolute Gasteiger partial charge is 0.350 e. The molecule has 0 radical (unpaired) electrons. The summed E-state index contributed by atoms with van der Waals surface area (Å²) in [5.74, 6) is -1.81. The van der Waals surface area contributed by atoms with Crippen molar-refractivity contribution in [2.75, 3.05) is 18.0 Å². The monoisotopic (exact) mass is 318 g/mol. The molecule has 2 rings (SSSR count). The zero-order chi connectivity index (χ0) is 16.8. The fourth-order valence-corrected chi connectivity index (χ4v) is 2.13. The van der Waals surface area contributed by atoms with E-state index in [1.54, 1.807) is 6.07 Å². The van der Waals surface area contributed by atoms with E-state index in [1.807, 2.05) is 0 Å². The fraction of sp³-hybridized carbons (Fsp3) is 0.176. The lowest BCUT2D eigenvalue weighted by Crippen LogP contribution is -2.38. The number of nitrogens with zero attached hydrogens (tertiary/aromatic N) is 1. The lowest BCUT2D eigenvalue weighted by molar-refractivity contribution is -0.116. The molecule has 0 aliphatic rings. The van der Waals surface area contributed by atoms with Gasteiger partial charge in [0.1, 0.15) is 11.6 Å². The average molecular weight is 318 g/mol. The van der Waals surface area contributed by atoms with E-state index in [4.69, 9.17) is 0 Å². The SMILES string of the molecule is CC(=O)N(CCNC(=O)c1cccc(F)c1)c1ccccc1F. The molecule has 0 saturated carbocycles. The summed E-state index contributed by atoms with van der Waals surface area (Å²) in [6, 6.07) is 11.2. The molecular weight excluding hydrogens is 302 g/mol. The van der Waals surface area contributed by atoms with Gasteiger partial charge in [0, 0.05) is 25.6 Å². The molecule has 120 valence electrons. The van der Waals surface area contributed by atoms with Crippen molar-refractivity contribution in [2.45, 2.75) is 6.92 Å².